The molecule has 12 heavy (non-hydrogen) atoms. The van der Waals surface area contributed by atoms with Gasteiger partial charge in [0.2, 0.25) is 0 Å². The van der Waals surface area contributed by atoms with Crippen LogP contribution >= 0.6 is 11.8 Å². The first-order valence-electron chi connectivity index (χ1n) is 4.39. The van der Waals surface area contributed by atoms with E-state index in [1.165, 1.54) is 11.8 Å². The average molecular weight is 188 g/mol. The van der Waals surface area contributed by atoms with Gasteiger partial charge in [-0.2, -0.15) is 0 Å². The van der Waals surface area contributed by atoms with Crippen LogP contribution in [0.1, 0.15) is 32.6 Å². The Labute approximate surface area is 77.7 Å². The van der Waals surface area contributed by atoms with Crippen molar-refractivity contribution in [1.29, 1.82) is 0 Å². The zero-order valence-corrected chi connectivity index (χ0v) is 8.49. The molecule has 0 unspecified atom stereocenters. The van der Waals surface area contributed by atoms with Crippen LogP contribution < -0.4 is 0 Å². The second-order valence-electron chi connectivity index (χ2n) is 3.69. The van der Waals surface area contributed by atoms with Crippen molar-refractivity contribution in [3.63, 3.8) is 0 Å². The van der Waals surface area contributed by atoms with Gasteiger partial charge < -0.3 is 5.11 Å². The van der Waals surface area contributed by atoms with E-state index in [2.05, 4.69) is 6.92 Å². The van der Waals surface area contributed by atoms with Gasteiger partial charge in [0, 0.05) is 0 Å². The Morgan fingerprint density at radius 1 is 1.50 bits per heavy atom. The highest BCUT2D eigenvalue weighted by Gasteiger charge is 2.40. The molecule has 1 fully saturated rings. The number of aliphatic carboxylic acids is 1. The molecule has 1 aliphatic carbocycles. The fourth-order valence-electron chi connectivity index (χ4n) is 1.73. The highest BCUT2D eigenvalue weighted by molar-refractivity contribution is 8.00. The first-order chi connectivity index (χ1) is 5.60. The van der Waals surface area contributed by atoms with Crippen molar-refractivity contribution in [2.75, 3.05) is 6.26 Å². The molecule has 1 rings (SSSR count). The van der Waals surface area contributed by atoms with E-state index in [1.807, 2.05) is 6.26 Å². The van der Waals surface area contributed by atoms with Crippen molar-refractivity contribution < 1.29 is 9.90 Å². The molecule has 0 aliphatic heterocycles. The van der Waals surface area contributed by atoms with E-state index in [9.17, 15) is 4.79 Å². The molecule has 1 aliphatic rings. The molecule has 2 nitrogen and oxygen atoms in total. The van der Waals surface area contributed by atoms with E-state index in [0.717, 1.165) is 25.7 Å². The molecule has 1 saturated carbocycles. The normalized spacial score (nSPS) is 36.3. The molecule has 70 valence electrons. The molecule has 0 aromatic heterocycles. The molecule has 3 heteroatoms. The van der Waals surface area contributed by atoms with Crippen LogP contribution in [0.25, 0.3) is 0 Å². The van der Waals surface area contributed by atoms with Crippen molar-refractivity contribution in [2.45, 2.75) is 37.4 Å². The lowest BCUT2D eigenvalue weighted by atomic mass is 9.82. The van der Waals surface area contributed by atoms with Gasteiger partial charge in [0.25, 0.3) is 0 Å². The third-order valence-electron chi connectivity index (χ3n) is 2.86. The quantitative estimate of drug-likeness (QED) is 0.723. The standard InChI is InChI=1S/C9H16O2S/c1-7-3-5-9(12-2,6-4-7)8(10)11/h7H,3-6H2,1-2H3,(H,10,11). The Morgan fingerprint density at radius 2 is 2.00 bits per heavy atom. The Hall–Kier alpha value is -0.180. The van der Waals surface area contributed by atoms with Crippen molar-refractivity contribution in [3.8, 4) is 0 Å². The number of carboxylic acid groups (broad SMARTS) is 1. The van der Waals surface area contributed by atoms with Gasteiger partial charge >= 0.3 is 5.97 Å². The summed E-state index contributed by atoms with van der Waals surface area (Å²) in [6.45, 7) is 2.20. The third-order valence-corrected chi connectivity index (χ3v) is 4.23. The summed E-state index contributed by atoms with van der Waals surface area (Å²) in [5, 5.41) is 9.05. The smallest absolute Gasteiger partial charge is 0.319 e. The molecule has 0 heterocycles. The summed E-state index contributed by atoms with van der Waals surface area (Å²) in [5.41, 5.74) is 0. The van der Waals surface area contributed by atoms with Crippen LogP contribution in [0.2, 0.25) is 0 Å². The van der Waals surface area contributed by atoms with Crippen LogP contribution in [0, 0.1) is 5.92 Å². The van der Waals surface area contributed by atoms with Crippen LogP contribution in [0.15, 0.2) is 0 Å². The van der Waals surface area contributed by atoms with Crippen molar-refractivity contribution in [2.24, 2.45) is 5.92 Å². The minimum Gasteiger partial charge on any atom is -0.480 e. The zero-order valence-electron chi connectivity index (χ0n) is 7.67. The van der Waals surface area contributed by atoms with Gasteiger partial charge in [-0.1, -0.05) is 6.92 Å². The second-order valence-corrected chi connectivity index (χ2v) is 4.88. The van der Waals surface area contributed by atoms with Crippen LogP contribution in [0.3, 0.4) is 0 Å². The first-order valence-corrected chi connectivity index (χ1v) is 5.62. The van der Waals surface area contributed by atoms with Gasteiger partial charge in [-0.05, 0) is 37.9 Å². The number of carbonyl (C=O) groups is 1. The molecule has 0 atom stereocenters. The fourth-order valence-corrected chi connectivity index (χ4v) is 2.55. The minimum absolute atomic E-state index is 0.466. The van der Waals surface area contributed by atoms with E-state index in [-0.39, 0.29) is 0 Å². The maximum atomic E-state index is 11.0. The van der Waals surface area contributed by atoms with Crippen LogP contribution in [-0.2, 0) is 4.79 Å². The van der Waals surface area contributed by atoms with Crippen molar-refractivity contribution in [1.82, 2.24) is 0 Å². The monoisotopic (exact) mass is 188 g/mol. The third kappa shape index (κ3) is 1.76. The van der Waals surface area contributed by atoms with Gasteiger partial charge in [-0.15, -0.1) is 11.8 Å². The topological polar surface area (TPSA) is 37.3 Å². The number of thioether (sulfide) groups is 1. The lowest BCUT2D eigenvalue weighted by Gasteiger charge is -2.34. The lowest BCUT2D eigenvalue weighted by molar-refractivity contribution is -0.140. The summed E-state index contributed by atoms with van der Waals surface area (Å²) in [5.74, 6) is 0.0894. The summed E-state index contributed by atoms with van der Waals surface area (Å²) in [4.78, 5) is 11.0. The van der Waals surface area contributed by atoms with E-state index in [1.54, 1.807) is 0 Å². The van der Waals surface area contributed by atoms with E-state index < -0.39 is 10.7 Å². The predicted molar refractivity (Wildman–Crippen MR) is 51.5 cm³/mol. The van der Waals surface area contributed by atoms with Crippen molar-refractivity contribution in [3.05, 3.63) is 0 Å². The van der Waals surface area contributed by atoms with Gasteiger partial charge in [-0.3, -0.25) is 4.79 Å². The van der Waals surface area contributed by atoms with Gasteiger partial charge in [-0.25, -0.2) is 0 Å². The number of carboxylic acids is 1. The fraction of sp³-hybridized carbons (Fsp3) is 0.889. The highest BCUT2D eigenvalue weighted by atomic mass is 32.2. The largest absolute Gasteiger partial charge is 0.480 e. The maximum Gasteiger partial charge on any atom is 0.319 e. The summed E-state index contributed by atoms with van der Waals surface area (Å²) in [7, 11) is 0. The Balaban J connectivity index is 2.63. The van der Waals surface area contributed by atoms with Crippen LogP contribution in [0.4, 0.5) is 0 Å². The van der Waals surface area contributed by atoms with Gasteiger partial charge in [0.15, 0.2) is 0 Å². The number of hydrogen-bond acceptors (Lipinski definition) is 2. The molecule has 1 N–H and O–H groups in total. The molecule has 0 spiro atoms. The Kier molecular flexibility index (Phi) is 3.04. The van der Waals surface area contributed by atoms with Crippen LogP contribution in [-0.4, -0.2) is 22.1 Å². The zero-order chi connectivity index (χ0) is 9.19. The number of hydrogen-bond donors (Lipinski definition) is 1. The molecule has 0 amide bonds. The van der Waals surface area contributed by atoms with Crippen molar-refractivity contribution >= 4 is 17.7 Å². The SMILES string of the molecule is CSC1(C(=O)O)CCC(C)CC1. The first kappa shape index (κ1) is 9.90. The summed E-state index contributed by atoms with van der Waals surface area (Å²) < 4.78 is -0.466. The Morgan fingerprint density at radius 3 is 2.33 bits per heavy atom. The molecule has 0 aromatic carbocycles. The summed E-state index contributed by atoms with van der Waals surface area (Å²) >= 11 is 1.50. The average Bonchev–Trinajstić information content (AvgIpc) is 2.06. The summed E-state index contributed by atoms with van der Waals surface area (Å²) in [6.07, 6.45) is 5.71. The van der Waals surface area contributed by atoms with E-state index in [0.29, 0.717) is 5.92 Å². The second kappa shape index (κ2) is 3.69. The molecule has 0 bridgehead atoms. The predicted octanol–water partition coefficient (Wildman–Crippen LogP) is 2.38. The van der Waals surface area contributed by atoms with E-state index in [4.69, 9.17) is 5.11 Å². The lowest BCUT2D eigenvalue weighted by Crippen LogP contribution is -2.38. The minimum atomic E-state index is -0.623. The molecular formula is C9H16O2S. The highest BCUT2D eigenvalue weighted by Crippen LogP contribution is 2.40. The molecular weight excluding hydrogens is 172 g/mol. The Bertz CT molecular complexity index is 171. The molecule has 0 aromatic rings. The summed E-state index contributed by atoms with van der Waals surface area (Å²) in [6, 6.07) is 0. The molecule has 0 radical (unpaired) electrons. The van der Waals surface area contributed by atoms with Crippen LogP contribution in [0.5, 0.6) is 0 Å². The molecule has 0 saturated heterocycles. The van der Waals surface area contributed by atoms with Gasteiger partial charge in [0.05, 0.1) is 0 Å². The van der Waals surface area contributed by atoms with E-state index >= 15 is 0 Å². The van der Waals surface area contributed by atoms with Gasteiger partial charge in [0.1, 0.15) is 4.75 Å². The number of rotatable bonds is 2. The maximum absolute atomic E-state index is 11.0.